The Morgan fingerprint density at radius 3 is 2.41 bits per heavy atom. The van der Waals surface area contributed by atoms with Gasteiger partial charge >= 0.3 is 0 Å². The van der Waals surface area contributed by atoms with Gasteiger partial charge < -0.3 is 11.1 Å². The van der Waals surface area contributed by atoms with Crippen molar-refractivity contribution in [1.82, 2.24) is 15.0 Å². The van der Waals surface area contributed by atoms with Gasteiger partial charge in [-0.2, -0.15) is 15.0 Å². The summed E-state index contributed by atoms with van der Waals surface area (Å²) < 4.78 is 0. The summed E-state index contributed by atoms with van der Waals surface area (Å²) in [6, 6.07) is 0. The fourth-order valence-corrected chi connectivity index (χ4v) is 2.27. The molecule has 17 heavy (non-hydrogen) atoms. The van der Waals surface area contributed by atoms with E-state index >= 15 is 0 Å². The number of hydrogen-bond acceptors (Lipinski definition) is 5. The monoisotopic (exact) mass is 235 g/mol. The number of rotatable bonds is 3. The van der Waals surface area contributed by atoms with Crippen LogP contribution in [0.15, 0.2) is 0 Å². The van der Waals surface area contributed by atoms with Crippen LogP contribution in [0.3, 0.4) is 0 Å². The lowest BCUT2D eigenvalue weighted by molar-refractivity contribution is 0.527. The minimum Gasteiger partial charge on any atom is -0.368 e. The van der Waals surface area contributed by atoms with Gasteiger partial charge in [-0.05, 0) is 19.8 Å². The Kier molecular flexibility index (Phi) is 3.17. The number of anilines is 2. The van der Waals surface area contributed by atoms with Gasteiger partial charge in [-0.1, -0.05) is 26.7 Å². The van der Waals surface area contributed by atoms with Crippen LogP contribution in [0.5, 0.6) is 0 Å². The van der Waals surface area contributed by atoms with Gasteiger partial charge in [0.2, 0.25) is 11.9 Å². The third-order valence-corrected chi connectivity index (χ3v) is 3.31. The minimum absolute atomic E-state index is 0.113. The number of nitrogens with zero attached hydrogens (tertiary/aromatic N) is 3. The molecule has 0 spiro atoms. The number of nitrogen functional groups attached to an aromatic ring is 1. The van der Waals surface area contributed by atoms with Gasteiger partial charge in [0.05, 0.1) is 0 Å². The third-order valence-electron chi connectivity index (χ3n) is 3.31. The van der Waals surface area contributed by atoms with Crippen LogP contribution in [-0.2, 0) is 0 Å². The minimum atomic E-state index is 0.113. The van der Waals surface area contributed by atoms with E-state index in [-0.39, 0.29) is 11.5 Å². The SMILES string of the molecule is CC(C)c1nc(N)nc(NC2(C)CCCC2)n1. The molecule has 3 N–H and O–H groups in total. The maximum atomic E-state index is 5.71. The van der Waals surface area contributed by atoms with E-state index in [1.807, 2.05) is 0 Å². The van der Waals surface area contributed by atoms with Crippen LogP contribution in [0.25, 0.3) is 0 Å². The van der Waals surface area contributed by atoms with Crippen LogP contribution < -0.4 is 11.1 Å². The molecule has 0 amide bonds. The molecule has 94 valence electrons. The lowest BCUT2D eigenvalue weighted by Gasteiger charge is -2.25. The molecule has 1 saturated carbocycles. The quantitative estimate of drug-likeness (QED) is 0.840. The molecule has 5 heteroatoms. The molecule has 1 aromatic heterocycles. The van der Waals surface area contributed by atoms with Gasteiger partial charge in [0.25, 0.3) is 0 Å². The molecule has 0 aromatic carbocycles. The molecule has 0 radical (unpaired) electrons. The summed E-state index contributed by atoms with van der Waals surface area (Å²) in [6.07, 6.45) is 4.85. The summed E-state index contributed by atoms with van der Waals surface area (Å²) in [5.74, 6) is 1.93. The van der Waals surface area contributed by atoms with Crippen LogP contribution in [0.4, 0.5) is 11.9 Å². The van der Waals surface area contributed by atoms with Crippen molar-refractivity contribution in [1.29, 1.82) is 0 Å². The van der Waals surface area contributed by atoms with Gasteiger partial charge in [0, 0.05) is 11.5 Å². The summed E-state index contributed by atoms with van der Waals surface area (Å²) in [4.78, 5) is 12.7. The Labute approximate surface area is 102 Å². The maximum Gasteiger partial charge on any atom is 0.228 e. The van der Waals surface area contributed by atoms with Crippen molar-refractivity contribution in [3.63, 3.8) is 0 Å². The summed E-state index contributed by atoms with van der Waals surface area (Å²) in [5, 5.41) is 3.41. The topological polar surface area (TPSA) is 76.7 Å². The van der Waals surface area contributed by atoms with Crippen molar-refractivity contribution in [2.24, 2.45) is 0 Å². The molecule has 0 aliphatic heterocycles. The molecule has 1 fully saturated rings. The van der Waals surface area contributed by atoms with E-state index in [1.165, 1.54) is 12.8 Å². The number of aromatic nitrogens is 3. The number of nitrogens with one attached hydrogen (secondary N) is 1. The first-order chi connectivity index (χ1) is 7.98. The van der Waals surface area contributed by atoms with Crippen LogP contribution in [0.2, 0.25) is 0 Å². The highest BCUT2D eigenvalue weighted by molar-refractivity contribution is 5.34. The summed E-state index contributed by atoms with van der Waals surface area (Å²) >= 11 is 0. The predicted octanol–water partition coefficient (Wildman–Crippen LogP) is 2.32. The van der Waals surface area contributed by atoms with E-state index in [1.54, 1.807) is 0 Å². The van der Waals surface area contributed by atoms with E-state index in [0.717, 1.165) is 18.7 Å². The van der Waals surface area contributed by atoms with Crippen LogP contribution in [0.1, 0.15) is 58.2 Å². The third kappa shape index (κ3) is 2.84. The largest absolute Gasteiger partial charge is 0.368 e. The molecule has 2 rings (SSSR count). The highest BCUT2D eigenvalue weighted by atomic mass is 15.2. The van der Waals surface area contributed by atoms with Crippen molar-refractivity contribution >= 4 is 11.9 Å². The van der Waals surface area contributed by atoms with Crippen molar-refractivity contribution in [3.8, 4) is 0 Å². The van der Waals surface area contributed by atoms with Gasteiger partial charge in [-0.15, -0.1) is 0 Å². The summed E-state index contributed by atoms with van der Waals surface area (Å²) in [7, 11) is 0. The fraction of sp³-hybridized carbons (Fsp3) is 0.750. The molecule has 0 bridgehead atoms. The average molecular weight is 235 g/mol. The van der Waals surface area contributed by atoms with Crippen molar-refractivity contribution in [2.75, 3.05) is 11.1 Å². The Bertz CT molecular complexity index is 396. The summed E-state index contributed by atoms with van der Waals surface area (Å²) in [5.41, 5.74) is 5.83. The molecule has 5 nitrogen and oxygen atoms in total. The molecular formula is C12H21N5. The van der Waals surface area contributed by atoms with Gasteiger partial charge in [-0.3, -0.25) is 0 Å². The van der Waals surface area contributed by atoms with E-state index in [0.29, 0.717) is 11.9 Å². The Morgan fingerprint density at radius 1 is 1.18 bits per heavy atom. The second-order valence-electron chi connectivity index (χ2n) is 5.42. The zero-order valence-electron chi connectivity index (χ0n) is 10.8. The van der Waals surface area contributed by atoms with E-state index < -0.39 is 0 Å². The highest BCUT2D eigenvalue weighted by Gasteiger charge is 2.29. The average Bonchev–Trinajstić information content (AvgIpc) is 2.63. The zero-order valence-corrected chi connectivity index (χ0v) is 10.8. The molecule has 1 aromatic rings. The lowest BCUT2D eigenvalue weighted by atomic mass is 10.0. The van der Waals surface area contributed by atoms with Gasteiger partial charge in [0.1, 0.15) is 5.82 Å². The normalized spacial score (nSPS) is 18.6. The van der Waals surface area contributed by atoms with Crippen molar-refractivity contribution < 1.29 is 0 Å². The molecule has 0 unspecified atom stereocenters. The van der Waals surface area contributed by atoms with Crippen molar-refractivity contribution in [3.05, 3.63) is 5.82 Å². The fourth-order valence-electron chi connectivity index (χ4n) is 2.27. The predicted molar refractivity (Wildman–Crippen MR) is 68.8 cm³/mol. The van der Waals surface area contributed by atoms with Gasteiger partial charge in [0.15, 0.2) is 0 Å². The van der Waals surface area contributed by atoms with Crippen LogP contribution in [-0.4, -0.2) is 20.5 Å². The summed E-state index contributed by atoms with van der Waals surface area (Å²) in [6.45, 7) is 6.32. The molecule has 1 aliphatic carbocycles. The Hall–Kier alpha value is -1.39. The van der Waals surface area contributed by atoms with Crippen molar-refractivity contribution in [2.45, 2.75) is 57.9 Å². The molecule has 0 atom stereocenters. The molecular weight excluding hydrogens is 214 g/mol. The smallest absolute Gasteiger partial charge is 0.228 e. The Morgan fingerprint density at radius 2 is 1.82 bits per heavy atom. The second-order valence-corrected chi connectivity index (χ2v) is 5.42. The lowest BCUT2D eigenvalue weighted by Crippen LogP contribution is -2.32. The standard InChI is InChI=1S/C12H21N5/c1-8(2)9-14-10(13)16-11(15-9)17-12(3)6-4-5-7-12/h8H,4-7H2,1-3H3,(H3,13,14,15,16,17). The first-order valence-electron chi connectivity index (χ1n) is 6.28. The van der Waals surface area contributed by atoms with E-state index in [2.05, 4.69) is 41.0 Å². The van der Waals surface area contributed by atoms with Crippen LogP contribution >= 0.6 is 0 Å². The number of hydrogen-bond donors (Lipinski definition) is 2. The first-order valence-corrected chi connectivity index (χ1v) is 6.28. The molecule has 1 aliphatic rings. The van der Waals surface area contributed by atoms with E-state index in [9.17, 15) is 0 Å². The highest BCUT2D eigenvalue weighted by Crippen LogP contribution is 2.31. The van der Waals surface area contributed by atoms with E-state index in [4.69, 9.17) is 5.73 Å². The molecule has 0 saturated heterocycles. The molecule has 1 heterocycles. The number of nitrogens with two attached hydrogens (primary N) is 1. The van der Waals surface area contributed by atoms with Gasteiger partial charge in [-0.25, -0.2) is 0 Å². The Balaban J connectivity index is 2.20. The maximum absolute atomic E-state index is 5.71. The van der Waals surface area contributed by atoms with Crippen LogP contribution in [0, 0.1) is 0 Å². The second kappa shape index (κ2) is 4.47. The zero-order chi connectivity index (χ0) is 12.5. The first kappa shape index (κ1) is 12.1.